The Labute approximate surface area is 142 Å². The van der Waals surface area contributed by atoms with Gasteiger partial charge in [0.25, 0.3) is 0 Å². The Kier molecular flexibility index (Phi) is 6.07. The van der Waals surface area contributed by atoms with Crippen molar-refractivity contribution >= 4 is 11.8 Å². The second-order valence-corrected chi connectivity index (χ2v) is 6.77. The van der Waals surface area contributed by atoms with E-state index in [0.717, 1.165) is 23.0 Å². The number of hydrogen-bond donors (Lipinski definition) is 0. The average Bonchev–Trinajstić information content (AvgIpc) is 3.04. The van der Waals surface area contributed by atoms with E-state index in [0.29, 0.717) is 5.89 Å². The first-order chi connectivity index (χ1) is 11.0. The number of thioether (sulfide) groups is 1. The van der Waals surface area contributed by atoms with Crippen LogP contribution in [0.25, 0.3) is 0 Å². The van der Waals surface area contributed by atoms with Crippen LogP contribution < -0.4 is 4.74 Å². The van der Waals surface area contributed by atoms with Gasteiger partial charge in [-0.05, 0) is 37.9 Å². The summed E-state index contributed by atoms with van der Waals surface area (Å²) in [6.45, 7) is 6.97. The Bertz CT molecular complexity index is 643. The summed E-state index contributed by atoms with van der Waals surface area (Å²) < 4.78 is 10.9. The van der Waals surface area contributed by atoms with Gasteiger partial charge in [0.1, 0.15) is 5.75 Å². The molecule has 1 aromatic carbocycles. The number of aromatic nitrogens is 2. The Hall–Kier alpha value is -1.53. The van der Waals surface area contributed by atoms with Crippen molar-refractivity contribution in [1.82, 2.24) is 15.0 Å². The molecule has 1 aromatic heterocycles. The highest BCUT2D eigenvalue weighted by Gasteiger charge is 2.20. The van der Waals surface area contributed by atoms with Gasteiger partial charge >= 0.3 is 0 Å². The maximum absolute atomic E-state index is 5.45. The smallest absolute Gasteiger partial charge is 0.243 e. The molecule has 0 aliphatic carbocycles. The van der Waals surface area contributed by atoms with E-state index in [4.69, 9.17) is 9.26 Å². The van der Waals surface area contributed by atoms with Crippen LogP contribution >= 0.6 is 11.8 Å². The fourth-order valence-corrected chi connectivity index (χ4v) is 2.79. The highest BCUT2D eigenvalue weighted by molar-refractivity contribution is 7.98. The molecule has 0 N–H and O–H groups in total. The van der Waals surface area contributed by atoms with Gasteiger partial charge in [0.05, 0.1) is 13.2 Å². The Balaban J connectivity index is 2.09. The van der Waals surface area contributed by atoms with Crippen molar-refractivity contribution in [1.29, 1.82) is 0 Å². The molecule has 23 heavy (non-hydrogen) atoms. The fourth-order valence-electron chi connectivity index (χ4n) is 2.24. The van der Waals surface area contributed by atoms with Crippen molar-refractivity contribution in [2.24, 2.45) is 0 Å². The Morgan fingerprint density at radius 3 is 2.61 bits per heavy atom. The summed E-state index contributed by atoms with van der Waals surface area (Å²) in [7, 11) is 3.76. The van der Waals surface area contributed by atoms with Gasteiger partial charge in [-0.25, -0.2) is 0 Å². The molecule has 2 aromatic rings. The third-order valence-corrected chi connectivity index (χ3v) is 4.65. The molecular formula is C17H25N3O2S. The minimum atomic E-state index is 0.0567. The van der Waals surface area contributed by atoms with E-state index >= 15 is 0 Å². The quantitative estimate of drug-likeness (QED) is 0.710. The zero-order chi connectivity index (χ0) is 17.0. The molecule has 0 radical (unpaired) electrons. The number of benzene rings is 1. The third kappa shape index (κ3) is 4.26. The predicted molar refractivity (Wildman–Crippen MR) is 93.0 cm³/mol. The van der Waals surface area contributed by atoms with Crippen molar-refractivity contribution in [3.63, 3.8) is 0 Å². The summed E-state index contributed by atoms with van der Waals surface area (Å²) >= 11 is 1.68. The fraction of sp³-hybridized carbons (Fsp3) is 0.529. The first-order valence-corrected chi connectivity index (χ1v) is 8.93. The molecule has 0 spiro atoms. The second kappa shape index (κ2) is 7.84. The third-order valence-electron chi connectivity index (χ3n) is 3.87. The zero-order valence-corrected chi connectivity index (χ0v) is 15.5. The summed E-state index contributed by atoms with van der Waals surface area (Å²) in [5.41, 5.74) is 1.19. The number of nitrogens with zero attached hydrogens (tertiary/aromatic N) is 3. The van der Waals surface area contributed by atoms with Crippen molar-refractivity contribution in [2.75, 3.05) is 20.4 Å². The second-order valence-electron chi connectivity index (χ2n) is 5.93. The number of ether oxygens (including phenoxy) is 1. The van der Waals surface area contributed by atoms with Crippen LogP contribution in [0, 0.1) is 0 Å². The predicted octanol–water partition coefficient (Wildman–Crippen LogP) is 4.12. The van der Waals surface area contributed by atoms with E-state index < -0.39 is 0 Å². The highest BCUT2D eigenvalue weighted by atomic mass is 32.2. The summed E-state index contributed by atoms with van der Waals surface area (Å²) in [6.07, 6.45) is 2.05. The van der Waals surface area contributed by atoms with Gasteiger partial charge in [0, 0.05) is 17.4 Å². The maximum atomic E-state index is 5.45. The van der Waals surface area contributed by atoms with Crippen molar-refractivity contribution in [3.05, 3.63) is 35.5 Å². The molecule has 126 valence electrons. The van der Waals surface area contributed by atoms with E-state index in [1.807, 2.05) is 6.26 Å². The van der Waals surface area contributed by atoms with Crippen LogP contribution in [-0.2, 0) is 6.54 Å². The summed E-state index contributed by atoms with van der Waals surface area (Å²) in [5, 5.41) is 4.04. The van der Waals surface area contributed by atoms with E-state index in [1.54, 1.807) is 18.9 Å². The van der Waals surface area contributed by atoms with E-state index in [9.17, 15) is 0 Å². The molecule has 2 rings (SSSR count). The lowest BCUT2D eigenvalue weighted by molar-refractivity contribution is 0.202. The lowest BCUT2D eigenvalue weighted by Crippen LogP contribution is -2.22. The average molecular weight is 335 g/mol. The highest BCUT2D eigenvalue weighted by Crippen LogP contribution is 2.29. The zero-order valence-electron chi connectivity index (χ0n) is 14.7. The lowest BCUT2D eigenvalue weighted by atomic mass is 10.1. The van der Waals surface area contributed by atoms with Gasteiger partial charge in [-0.15, -0.1) is 11.8 Å². The topological polar surface area (TPSA) is 51.4 Å². The minimum Gasteiger partial charge on any atom is -0.496 e. The van der Waals surface area contributed by atoms with Crippen LogP contribution in [0.3, 0.4) is 0 Å². The van der Waals surface area contributed by atoms with Crippen LogP contribution in [0.5, 0.6) is 5.75 Å². The molecule has 0 bridgehead atoms. The first kappa shape index (κ1) is 17.8. The summed E-state index contributed by atoms with van der Waals surface area (Å²) in [6, 6.07) is 6.37. The van der Waals surface area contributed by atoms with Crippen LogP contribution in [-0.4, -0.2) is 35.5 Å². The SMILES string of the molecule is COc1cc(CN(C)C(C)c2nc(C(C)C)no2)ccc1SC. The van der Waals surface area contributed by atoms with Crippen molar-refractivity contribution in [2.45, 2.75) is 44.2 Å². The van der Waals surface area contributed by atoms with Gasteiger partial charge in [0.15, 0.2) is 5.82 Å². The number of hydrogen-bond acceptors (Lipinski definition) is 6. The molecule has 1 heterocycles. The van der Waals surface area contributed by atoms with Crippen LogP contribution in [0.2, 0.25) is 0 Å². The number of rotatable bonds is 7. The lowest BCUT2D eigenvalue weighted by Gasteiger charge is -2.22. The molecular weight excluding hydrogens is 310 g/mol. The molecule has 5 nitrogen and oxygen atoms in total. The molecule has 0 aliphatic heterocycles. The molecule has 1 atom stereocenters. The Morgan fingerprint density at radius 2 is 2.04 bits per heavy atom. The van der Waals surface area contributed by atoms with Crippen molar-refractivity contribution < 1.29 is 9.26 Å². The maximum Gasteiger partial charge on any atom is 0.243 e. The van der Waals surface area contributed by atoms with Gasteiger partial charge in [-0.3, -0.25) is 4.90 Å². The van der Waals surface area contributed by atoms with Crippen molar-refractivity contribution in [3.8, 4) is 5.75 Å². The standard InChI is InChI=1S/C17H25N3O2S/c1-11(2)16-18-17(22-19-16)12(3)20(4)10-13-7-8-15(23-6)14(9-13)21-5/h7-9,11-12H,10H2,1-6H3. The molecule has 0 amide bonds. The monoisotopic (exact) mass is 335 g/mol. The molecule has 0 fully saturated rings. The minimum absolute atomic E-state index is 0.0567. The van der Waals surface area contributed by atoms with Gasteiger partial charge in [0.2, 0.25) is 5.89 Å². The van der Waals surface area contributed by atoms with E-state index in [-0.39, 0.29) is 12.0 Å². The summed E-state index contributed by atoms with van der Waals surface area (Å²) in [4.78, 5) is 7.82. The van der Waals surface area contributed by atoms with Gasteiger partial charge < -0.3 is 9.26 Å². The normalized spacial score (nSPS) is 12.9. The first-order valence-electron chi connectivity index (χ1n) is 7.70. The van der Waals surface area contributed by atoms with Crippen LogP contribution in [0.1, 0.15) is 50.0 Å². The molecule has 6 heteroatoms. The molecule has 0 saturated carbocycles. The largest absolute Gasteiger partial charge is 0.496 e. The van der Waals surface area contributed by atoms with Crippen LogP contribution in [0.4, 0.5) is 0 Å². The molecule has 1 unspecified atom stereocenters. The van der Waals surface area contributed by atoms with Gasteiger partial charge in [-0.1, -0.05) is 25.1 Å². The van der Waals surface area contributed by atoms with Gasteiger partial charge in [-0.2, -0.15) is 4.98 Å². The Morgan fingerprint density at radius 1 is 1.30 bits per heavy atom. The molecule has 0 aliphatic rings. The van der Waals surface area contributed by atoms with Crippen LogP contribution in [0.15, 0.2) is 27.6 Å². The number of methoxy groups -OCH3 is 1. The molecule has 0 saturated heterocycles. The van der Waals surface area contributed by atoms with E-state index in [2.05, 4.69) is 61.1 Å². The summed E-state index contributed by atoms with van der Waals surface area (Å²) in [5.74, 6) is 2.60. The van der Waals surface area contributed by atoms with E-state index in [1.165, 1.54) is 5.56 Å².